The van der Waals surface area contributed by atoms with E-state index >= 15 is 0 Å². The minimum atomic E-state index is 0.0536. The highest BCUT2D eigenvalue weighted by Crippen LogP contribution is 2.33. The molecule has 1 heterocycles. The summed E-state index contributed by atoms with van der Waals surface area (Å²) in [6, 6.07) is 7.55. The van der Waals surface area contributed by atoms with Gasteiger partial charge in [-0.25, -0.2) is 0 Å². The molecule has 1 aliphatic carbocycles. The van der Waals surface area contributed by atoms with Crippen LogP contribution in [0.1, 0.15) is 22.8 Å². The molecular formula is C15H17N3O2. The maximum atomic E-state index is 12.7. The Morgan fingerprint density at radius 1 is 1.15 bits per heavy atom. The molecule has 1 aromatic rings. The summed E-state index contributed by atoms with van der Waals surface area (Å²) in [5.74, 6) is 0.0536. The summed E-state index contributed by atoms with van der Waals surface area (Å²) in [6.07, 6.45) is 0. The SMILES string of the molecule is CCON=C1C2=C(C(=O)c3ccccc31)N(C)CN2C. The van der Waals surface area contributed by atoms with Gasteiger partial charge in [-0.1, -0.05) is 29.4 Å². The molecule has 0 saturated heterocycles. The van der Waals surface area contributed by atoms with Crippen molar-refractivity contribution in [3.63, 3.8) is 0 Å². The first-order valence-corrected chi connectivity index (χ1v) is 6.66. The predicted molar refractivity (Wildman–Crippen MR) is 76.4 cm³/mol. The van der Waals surface area contributed by atoms with Crippen LogP contribution in [0, 0.1) is 0 Å². The van der Waals surface area contributed by atoms with E-state index in [0.717, 1.165) is 17.0 Å². The number of fused-ring (bicyclic) bond motifs is 1. The molecule has 0 fully saturated rings. The van der Waals surface area contributed by atoms with E-state index in [4.69, 9.17) is 4.84 Å². The average molecular weight is 271 g/mol. The standard InChI is InChI=1S/C15H17N3O2/c1-4-20-16-12-10-7-5-6-8-11(10)15(19)14-13(12)17(2)9-18(14)3/h5-8H,4,9H2,1-3H3. The highest BCUT2D eigenvalue weighted by molar-refractivity contribution is 6.28. The number of rotatable bonds is 2. The van der Waals surface area contributed by atoms with Crippen molar-refractivity contribution in [1.29, 1.82) is 0 Å². The molecule has 3 rings (SSSR count). The highest BCUT2D eigenvalue weighted by atomic mass is 16.6. The van der Waals surface area contributed by atoms with E-state index in [-0.39, 0.29) is 5.78 Å². The molecule has 1 aromatic carbocycles. The molecule has 0 N–H and O–H groups in total. The summed E-state index contributed by atoms with van der Waals surface area (Å²) in [6.45, 7) is 3.07. The smallest absolute Gasteiger partial charge is 0.211 e. The zero-order chi connectivity index (χ0) is 14.3. The first-order valence-electron chi connectivity index (χ1n) is 6.66. The van der Waals surface area contributed by atoms with Crippen LogP contribution in [0.3, 0.4) is 0 Å². The van der Waals surface area contributed by atoms with Gasteiger partial charge in [0.05, 0.1) is 12.4 Å². The van der Waals surface area contributed by atoms with Crippen LogP contribution in [0.4, 0.5) is 0 Å². The molecule has 5 heteroatoms. The van der Waals surface area contributed by atoms with E-state index in [9.17, 15) is 4.79 Å². The first-order chi connectivity index (χ1) is 9.65. The second kappa shape index (κ2) is 4.67. The summed E-state index contributed by atoms with van der Waals surface area (Å²) in [5.41, 5.74) is 3.82. The topological polar surface area (TPSA) is 45.1 Å². The molecule has 0 bridgehead atoms. The predicted octanol–water partition coefficient (Wildman–Crippen LogP) is 1.67. The Morgan fingerprint density at radius 2 is 1.80 bits per heavy atom. The van der Waals surface area contributed by atoms with Crippen LogP contribution >= 0.6 is 0 Å². The van der Waals surface area contributed by atoms with E-state index in [0.29, 0.717) is 24.5 Å². The average Bonchev–Trinajstić information content (AvgIpc) is 2.74. The molecule has 0 amide bonds. The quantitative estimate of drug-likeness (QED) is 0.768. The summed E-state index contributed by atoms with van der Waals surface area (Å²) >= 11 is 0. The van der Waals surface area contributed by atoms with E-state index in [2.05, 4.69) is 5.16 Å². The van der Waals surface area contributed by atoms with Crippen molar-refractivity contribution in [3.05, 3.63) is 46.8 Å². The number of nitrogens with zero attached hydrogens (tertiary/aromatic N) is 3. The van der Waals surface area contributed by atoms with Crippen LogP contribution in [0.5, 0.6) is 0 Å². The maximum absolute atomic E-state index is 12.7. The summed E-state index contributed by atoms with van der Waals surface area (Å²) in [5, 5.41) is 4.24. The molecule has 0 spiro atoms. The largest absolute Gasteiger partial charge is 0.396 e. The Bertz CT molecular complexity index is 634. The van der Waals surface area contributed by atoms with Gasteiger partial charge in [0.15, 0.2) is 0 Å². The van der Waals surface area contributed by atoms with Gasteiger partial charge in [0.1, 0.15) is 18.0 Å². The second-order valence-electron chi connectivity index (χ2n) is 4.97. The van der Waals surface area contributed by atoms with Crippen molar-refractivity contribution in [2.24, 2.45) is 5.16 Å². The third-order valence-electron chi connectivity index (χ3n) is 3.56. The Kier molecular flexibility index (Phi) is 2.97. The highest BCUT2D eigenvalue weighted by Gasteiger charge is 2.39. The van der Waals surface area contributed by atoms with E-state index in [1.165, 1.54) is 0 Å². The Balaban J connectivity index is 2.23. The molecule has 104 valence electrons. The summed E-state index contributed by atoms with van der Waals surface area (Å²) < 4.78 is 0. The fraction of sp³-hybridized carbons (Fsp3) is 0.333. The molecule has 1 aliphatic heterocycles. The van der Waals surface area contributed by atoms with Gasteiger partial charge in [-0.2, -0.15) is 0 Å². The second-order valence-corrected chi connectivity index (χ2v) is 4.97. The minimum Gasteiger partial charge on any atom is -0.396 e. The number of likely N-dealkylation sites (N-methyl/N-ethyl adjacent to an activating group) is 2. The molecular weight excluding hydrogens is 254 g/mol. The van der Waals surface area contributed by atoms with Crippen molar-refractivity contribution in [2.75, 3.05) is 27.4 Å². The Hall–Kier alpha value is -2.30. The van der Waals surface area contributed by atoms with Crippen LogP contribution in [0.15, 0.2) is 40.8 Å². The van der Waals surface area contributed by atoms with Gasteiger partial charge in [0.25, 0.3) is 0 Å². The van der Waals surface area contributed by atoms with Crippen LogP contribution in [0.2, 0.25) is 0 Å². The number of carbonyl (C=O) groups excluding carboxylic acids is 1. The lowest BCUT2D eigenvalue weighted by atomic mass is 9.90. The number of carbonyl (C=O) groups is 1. The first kappa shape index (κ1) is 12.7. The number of allylic oxidation sites excluding steroid dienone is 2. The van der Waals surface area contributed by atoms with Crippen molar-refractivity contribution in [1.82, 2.24) is 9.80 Å². The van der Waals surface area contributed by atoms with E-state index in [1.807, 2.05) is 55.1 Å². The maximum Gasteiger partial charge on any atom is 0.211 e. The lowest BCUT2D eigenvalue weighted by molar-refractivity contribution is 0.100. The van der Waals surface area contributed by atoms with E-state index in [1.54, 1.807) is 0 Å². The molecule has 0 aromatic heterocycles. The number of Topliss-reactive ketones (excluding diaryl/α,β-unsaturated/α-hetero) is 1. The third kappa shape index (κ3) is 1.70. The number of benzene rings is 1. The van der Waals surface area contributed by atoms with Gasteiger partial charge in [-0.05, 0) is 6.92 Å². The number of ketones is 1. The van der Waals surface area contributed by atoms with Gasteiger partial charge < -0.3 is 14.6 Å². The molecule has 5 nitrogen and oxygen atoms in total. The normalized spacial score (nSPS) is 19.6. The lowest BCUT2D eigenvalue weighted by Crippen LogP contribution is -2.27. The van der Waals surface area contributed by atoms with Gasteiger partial charge in [0, 0.05) is 25.2 Å². The fourth-order valence-corrected chi connectivity index (χ4v) is 2.76. The lowest BCUT2D eigenvalue weighted by Gasteiger charge is -2.22. The molecule has 0 unspecified atom stereocenters. The van der Waals surface area contributed by atoms with Crippen LogP contribution in [0.25, 0.3) is 0 Å². The van der Waals surface area contributed by atoms with Gasteiger partial charge >= 0.3 is 0 Å². The van der Waals surface area contributed by atoms with Crippen molar-refractivity contribution in [2.45, 2.75) is 6.92 Å². The molecule has 2 aliphatic rings. The third-order valence-corrected chi connectivity index (χ3v) is 3.56. The number of oxime groups is 1. The minimum absolute atomic E-state index is 0.0536. The zero-order valence-electron chi connectivity index (χ0n) is 11.9. The Labute approximate surface area is 118 Å². The Morgan fingerprint density at radius 3 is 2.50 bits per heavy atom. The van der Waals surface area contributed by atoms with Crippen LogP contribution < -0.4 is 0 Å². The van der Waals surface area contributed by atoms with E-state index < -0.39 is 0 Å². The monoisotopic (exact) mass is 271 g/mol. The number of hydrogen-bond donors (Lipinski definition) is 0. The van der Waals surface area contributed by atoms with Gasteiger partial charge in [0.2, 0.25) is 5.78 Å². The van der Waals surface area contributed by atoms with Gasteiger partial charge in [-0.3, -0.25) is 4.79 Å². The van der Waals surface area contributed by atoms with Gasteiger partial charge in [-0.15, -0.1) is 0 Å². The van der Waals surface area contributed by atoms with Crippen LogP contribution in [-0.2, 0) is 4.84 Å². The van der Waals surface area contributed by atoms with Crippen molar-refractivity contribution >= 4 is 11.5 Å². The molecule has 0 atom stereocenters. The summed E-state index contributed by atoms with van der Waals surface area (Å²) in [4.78, 5) is 21.9. The zero-order valence-corrected chi connectivity index (χ0v) is 11.9. The fourth-order valence-electron chi connectivity index (χ4n) is 2.76. The van der Waals surface area contributed by atoms with Crippen molar-refractivity contribution in [3.8, 4) is 0 Å². The summed E-state index contributed by atoms with van der Waals surface area (Å²) in [7, 11) is 3.88. The molecule has 20 heavy (non-hydrogen) atoms. The molecule has 0 radical (unpaired) electrons. The molecule has 0 saturated carbocycles. The van der Waals surface area contributed by atoms with Crippen molar-refractivity contribution < 1.29 is 9.63 Å². The number of hydrogen-bond acceptors (Lipinski definition) is 5. The van der Waals surface area contributed by atoms with Crippen LogP contribution in [-0.4, -0.2) is 48.7 Å².